The molecule has 0 aliphatic carbocycles. The zero-order valence-electron chi connectivity index (χ0n) is 14.0. The van der Waals surface area contributed by atoms with E-state index in [2.05, 4.69) is 55.3 Å². The minimum absolute atomic E-state index is 0.261. The van der Waals surface area contributed by atoms with Crippen LogP contribution in [0.1, 0.15) is 41.0 Å². The highest BCUT2D eigenvalue weighted by atomic mass is 32.2. The minimum atomic E-state index is 0.261. The molecule has 4 heteroatoms. The fraction of sp³-hybridized carbons (Fsp3) is 0.421. The number of hydrogen-bond acceptors (Lipinski definition) is 3. The molecule has 0 spiro atoms. The lowest BCUT2D eigenvalue weighted by Crippen LogP contribution is -2.40. The molecular formula is C19H23NOS2. The monoisotopic (exact) mass is 345 g/mol. The number of fused-ring (bicyclic) bond motifs is 1. The summed E-state index contributed by atoms with van der Waals surface area (Å²) in [6.45, 7) is 7.27. The summed E-state index contributed by atoms with van der Waals surface area (Å²) in [5.41, 5.74) is 3.95. The lowest BCUT2D eigenvalue weighted by molar-refractivity contribution is -0.131. The summed E-state index contributed by atoms with van der Waals surface area (Å²) in [4.78, 5) is 17.5. The molecular weight excluding hydrogens is 322 g/mol. The maximum Gasteiger partial charge on any atom is 0.233 e. The first kappa shape index (κ1) is 16.6. The molecule has 122 valence electrons. The van der Waals surface area contributed by atoms with Crippen molar-refractivity contribution in [2.45, 2.75) is 44.6 Å². The molecule has 1 atom stereocenters. The Balaban J connectivity index is 1.67. The van der Waals surface area contributed by atoms with E-state index in [4.69, 9.17) is 0 Å². The Morgan fingerprint density at radius 3 is 2.87 bits per heavy atom. The van der Waals surface area contributed by atoms with Gasteiger partial charge in [0.2, 0.25) is 5.91 Å². The van der Waals surface area contributed by atoms with Gasteiger partial charge in [-0.2, -0.15) is 0 Å². The van der Waals surface area contributed by atoms with Crippen LogP contribution in [0.25, 0.3) is 0 Å². The predicted octanol–water partition coefficient (Wildman–Crippen LogP) is 4.99. The van der Waals surface area contributed by atoms with Gasteiger partial charge in [0, 0.05) is 16.3 Å². The first-order chi connectivity index (χ1) is 11.1. The highest BCUT2D eigenvalue weighted by Crippen LogP contribution is 2.35. The number of aryl methyl sites for hydroxylation is 2. The molecule has 2 nitrogen and oxygen atoms in total. The van der Waals surface area contributed by atoms with Crippen molar-refractivity contribution >= 4 is 29.0 Å². The summed E-state index contributed by atoms with van der Waals surface area (Å²) in [6.07, 6.45) is 1.99. The van der Waals surface area contributed by atoms with Crippen molar-refractivity contribution in [1.82, 2.24) is 4.90 Å². The van der Waals surface area contributed by atoms with Crippen LogP contribution < -0.4 is 0 Å². The van der Waals surface area contributed by atoms with Crippen molar-refractivity contribution in [3.05, 3.63) is 51.2 Å². The molecule has 0 saturated heterocycles. The number of nitrogens with zero attached hydrogens (tertiary/aromatic N) is 1. The first-order valence-corrected chi connectivity index (χ1v) is 10.0. The lowest BCUT2D eigenvalue weighted by Gasteiger charge is -2.35. The van der Waals surface area contributed by atoms with E-state index in [0.29, 0.717) is 5.75 Å². The molecule has 0 radical (unpaired) electrons. The molecule has 1 aromatic carbocycles. The van der Waals surface area contributed by atoms with Crippen LogP contribution in [0.15, 0.2) is 34.5 Å². The molecule has 0 bridgehead atoms. The van der Waals surface area contributed by atoms with E-state index < -0.39 is 0 Å². The van der Waals surface area contributed by atoms with Crippen LogP contribution in [0, 0.1) is 13.8 Å². The van der Waals surface area contributed by atoms with E-state index in [0.717, 1.165) is 19.4 Å². The SMILES string of the molecule is CCC1c2ccsc2CCN1C(=O)CSc1ccc(C)c(C)c1. The van der Waals surface area contributed by atoms with Crippen molar-refractivity contribution in [2.24, 2.45) is 0 Å². The van der Waals surface area contributed by atoms with Gasteiger partial charge in [-0.15, -0.1) is 23.1 Å². The highest BCUT2D eigenvalue weighted by Gasteiger charge is 2.30. The van der Waals surface area contributed by atoms with E-state index in [-0.39, 0.29) is 11.9 Å². The second-order valence-corrected chi connectivity index (χ2v) is 8.14. The Labute approximate surface area is 146 Å². The summed E-state index contributed by atoms with van der Waals surface area (Å²) >= 11 is 3.48. The number of carbonyl (C=O) groups excluding carboxylic acids is 1. The van der Waals surface area contributed by atoms with E-state index in [9.17, 15) is 4.79 Å². The molecule has 2 aromatic rings. The maximum absolute atomic E-state index is 12.7. The third-order valence-electron chi connectivity index (χ3n) is 4.64. The molecule has 1 aromatic heterocycles. The summed E-state index contributed by atoms with van der Waals surface area (Å²) < 4.78 is 0. The normalized spacial score (nSPS) is 17.2. The third-order valence-corrected chi connectivity index (χ3v) is 6.62. The van der Waals surface area contributed by atoms with Crippen molar-refractivity contribution in [2.75, 3.05) is 12.3 Å². The fourth-order valence-corrected chi connectivity index (χ4v) is 4.98. The van der Waals surface area contributed by atoms with E-state index in [1.165, 1.54) is 26.5 Å². The molecule has 0 N–H and O–H groups in total. The second kappa shape index (κ2) is 7.10. The van der Waals surface area contributed by atoms with Crippen molar-refractivity contribution in [1.29, 1.82) is 0 Å². The van der Waals surface area contributed by atoms with Gasteiger partial charge in [-0.3, -0.25) is 4.79 Å². The standard InChI is InChI=1S/C19H23NOS2/c1-4-17-16-8-10-22-18(16)7-9-20(17)19(21)12-23-15-6-5-13(2)14(3)11-15/h5-6,8,10-11,17H,4,7,9,12H2,1-3H3. The molecule has 2 heterocycles. The molecule has 0 fully saturated rings. The molecule has 1 aliphatic heterocycles. The number of hydrogen-bond donors (Lipinski definition) is 0. The lowest BCUT2D eigenvalue weighted by atomic mass is 9.98. The quantitative estimate of drug-likeness (QED) is 0.727. The van der Waals surface area contributed by atoms with Crippen molar-refractivity contribution < 1.29 is 4.79 Å². The van der Waals surface area contributed by atoms with Gasteiger partial charge in [0.25, 0.3) is 0 Å². The number of thiophene rings is 1. The molecule has 1 amide bonds. The van der Waals surface area contributed by atoms with Gasteiger partial charge in [0.05, 0.1) is 11.8 Å². The van der Waals surface area contributed by atoms with Gasteiger partial charge in [-0.25, -0.2) is 0 Å². The average Bonchev–Trinajstić information content (AvgIpc) is 3.03. The molecule has 23 heavy (non-hydrogen) atoms. The van der Waals surface area contributed by atoms with Crippen LogP contribution >= 0.6 is 23.1 Å². The Morgan fingerprint density at radius 2 is 2.13 bits per heavy atom. The summed E-state index contributed by atoms with van der Waals surface area (Å²) in [5, 5.41) is 2.16. The molecule has 0 saturated carbocycles. The molecule has 3 rings (SSSR count). The highest BCUT2D eigenvalue weighted by molar-refractivity contribution is 8.00. The van der Waals surface area contributed by atoms with Crippen LogP contribution in [0.2, 0.25) is 0 Å². The third kappa shape index (κ3) is 3.48. The fourth-order valence-electron chi connectivity index (χ4n) is 3.17. The maximum atomic E-state index is 12.7. The minimum Gasteiger partial charge on any atom is -0.335 e. The van der Waals surface area contributed by atoms with Gasteiger partial charge >= 0.3 is 0 Å². The molecule has 1 unspecified atom stereocenters. The summed E-state index contributed by atoms with van der Waals surface area (Å²) in [7, 11) is 0. The Morgan fingerprint density at radius 1 is 1.30 bits per heavy atom. The number of rotatable bonds is 4. The Kier molecular flexibility index (Phi) is 5.12. The van der Waals surface area contributed by atoms with Gasteiger partial charge in [0.15, 0.2) is 0 Å². The molecule has 1 aliphatic rings. The van der Waals surface area contributed by atoms with Crippen LogP contribution in [0.5, 0.6) is 0 Å². The van der Waals surface area contributed by atoms with Gasteiger partial charge in [-0.05, 0) is 67.0 Å². The van der Waals surface area contributed by atoms with E-state index in [1.807, 2.05) is 11.3 Å². The topological polar surface area (TPSA) is 20.3 Å². The Bertz CT molecular complexity index is 707. The Hall–Kier alpha value is -1.26. The van der Waals surface area contributed by atoms with Crippen LogP contribution in [0.4, 0.5) is 0 Å². The summed E-state index contributed by atoms with van der Waals surface area (Å²) in [5.74, 6) is 0.787. The van der Waals surface area contributed by atoms with Crippen LogP contribution in [0.3, 0.4) is 0 Å². The van der Waals surface area contributed by atoms with Crippen molar-refractivity contribution in [3.63, 3.8) is 0 Å². The second-order valence-electron chi connectivity index (χ2n) is 6.10. The largest absolute Gasteiger partial charge is 0.335 e. The smallest absolute Gasteiger partial charge is 0.233 e. The van der Waals surface area contributed by atoms with Gasteiger partial charge in [-0.1, -0.05) is 13.0 Å². The summed E-state index contributed by atoms with van der Waals surface area (Å²) in [6, 6.07) is 8.89. The zero-order valence-corrected chi connectivity index (χ0v) is 15.6. The zero-order chi connectivity index (χ0) is 16.4. The predicted molar refractivity (Wildman–Crippen MR) is 99.4 cm³/mol. The van der Waals surface area contributed by atoms with Gasteiger partial charge in [0.1, 0.15) is 0 Å². The number of thioether (sulfide) groups is 1. The van der Waals surface area contributed by atoms with Crippen LogP contribution in [-0.2, 0) is 11.2 Å². The number of carbonyl (C=O) groups is 1. The first-order valence-electron chi connectivity index (χ1n) is 8.16. The van der Waals surface area contributed by atoms with Crippen molar-refractivity contribution in [3.8, 4) is 0 Å². The number of benzene rings is 1. The number of amides is 1. The van der Waals surface area contributed by atoms with Crippen LogP contribution in [-0.4, -0.2) is 23.1 Å². The average molecular weight is 346 g/mol. The van der Waals surface area contributed by atoms with E-state index >= 15 is 0 Å². The van der Waals surface area contributed by atoms with Gasteiger partial charge < -0.3 is 4.90 Å². The van der Waals surface area contributed by atoms with E-state index in [1.54, 1.807) is 11.8 Å².